The molecule has 0 radical (unpaired) electrons. The summed E-state index contributed by atoms with van der Waals surface area (Å²) < 4.78 is 28.9. The summed E-state index contributed by atoms with van der Waals surface area (Å²) in [5.41, 5.74) is 0.970. The van der Waals surface area contributed by atoms with Crippen molar-refractivity contribution in [1.82, 2.24) is 9.88 Å². The number of likely N-dealkylation sites (tertiary alicyclic amines) is 1. The van der Waals surface area contributed by atoms with Crippen molar-refractivity contribution < 1.29 is 13.2 Å². The number of thioether (sulfide) groups is 1. The number of nitrogens with one attached hydrogen (secondary N) is 1. The van der Waals surface area contributed by atoms with Crippen LogP contribution in [0.2, 0.25) is 0 Å². The van der Waals surface area contributed by atoms with Crippen LogP contribution in [0.25, 0.3) is 0 Å². The quantitative estimate of drug-likeness (QED) is 0.771. The van der Waals surface area contributed by atoms with Crippen LogP contribution < -0.4 is 5.32 Å². The third kappa shape index (κ3) is 4.48. The standard InChI is InChI=1S/C18H20N4O3S2/c1-22-12-4-6-16(22)21-27(24,25)14-9-7-13(8-10-14)20-17(23)15-5-3-11-19-18(15)26-2/h3,5,7-11H,4,6,12H2,1-2H3,(H,20,23). The van der Waals surface area contributed by atoms with Gasteiger partial charge in [0.2, 0.25) is 0 Å². The lowest BCUT2D eigenvalue weighted by Gasteiger charge is -2.11. The van der Waals surface area contributed by atoms with Crippen molar-refractivity contribution in [3.63, 3.8) is 0 Å². The summed E-state index contributed by atoms with van der Waals surface area (Å²) in [7, 11) is -1.93. The molecule has 2 heterocycles. The number of benzene rings is 1. The van der Waals surface area contributed by atoms with Crippen LogP contribution in [0.1, 0.15) is 23.2 Å². The molecule has 0 bridgehead atoms. The third-order valence-corrected chi connectivity index (χ3v) is 6.21. The van der Waals surface area contributed by atoms with E-state index < -0.39 is 10.0 Å². The van der Waals surface area contributed by atoms with E-state index in [1.165, 1.54) is 23.9 Å². The van der Waals surface area contributed by atoms with Crippen LogP contribution in [0.4, 0.5) is 5.69 Å². The van der Waals surface area contributed by atoms with Gasteiger partial charge in [-0.1, -0.05) is 0 Å². The topological polar surface area (TPSA) is 91.7 Å². The summed E-state index contributed by atoms with van der Waals surface area (Å²) in [5, 5.41) is 3.39. The minimum absolute atomic E-state index is 0.0967. The summed E-state index contributed by atoms with van der Waals surface area (Å²) in [4.78, 5) is 18.5. The molecule has 2 aromatic rings. The fourth-order valence-electron chi connectivity index (χ4n) is 2.74. The molecule has 0 atom stereocenters. The van der Waals surface area contributed by atoms with E-state index in [2.05, 4.69) is 14.7 Å². The van der Waals surface area contributed by atoms with E-state index in [0.29, 0.717) is 28.5 Å². The van der Waals surface area contributed by atoms with E-state index in [9.17, 15) is 13.2 Å². The zero-order valence-electron chi connectivity index (χ0n) is 15.0. The number of carbonyl (C=O) groups is 1. The molecule has 9 heteroatoms. The molecular weight excluding hydrogens is 384 g/mol. The molecule has 0 unspecified atom stereocenters. The molecule has 1 aliphatic rings. The molecule has 1 amide bonds. The molecule has 27 heavy (non-hydrogen) atoms. The van der Waals surface area contributed by atoms with E-state index in [4.69, 9.17) is 0 Å². The number of rotatable bonds is 5. The fourth-order valence-corrected chi connectivity index (χ4v) is 4.38. The molecule has 0 saturated carbocycles. The molecule has 3 rings (SSSR count). The van der Waals surface area contributed by atoms with Gasteiger partial charge in [0.15, 0.2) is 0 Å². The first-order chi connectivity index (χ1) is 12.9. The van der Waals surface area contributed by atoms with Crippen LogP contribution >= 0.6 is 11.8 Å². The molecule has 0 spiro atoms. The molecule has 1 saturated heterocycles. The van der Waals surface area contributed by atoms with Crippen LogP contribution in [0.3, 0.4) is 0 Å². The van der Waals surface area contributed by atoms with Gasteiger partial charge in [0, 0.05) is 31.9 Å². The van der Waals surface area contributed by atoms with Gasteiger partial charge in [-0.15, -0.1) is 16.2 Å². The third-order valence-electron chi connectivity index (χ3n) is 4.18. The zero-order chi connectivity index (χ0) is 19.4. The number of hydrogen-bond acceptors (Lipinski definition) is 5. The molecule has 1 N–H and O–H groups in total. The number of aromatic nitrogens is 1. The summed E-state index contributed by atoms with van der Waals surface area (Å²) in [6, 6.07) is 9.40. The first kappa shape index (κ1) is 19.4. The van der Waals surface area contributed by atoms with Gasteiger partial charge in [0.1, 0.15) is 10.9 Å². The number of nitrogens with zero attached hydrogens (tertiary/aromatic N) is 3. The van der Waals surface area contributed by atoms with Crippen LogP contribution in [-0.4, -0.2) is 49.9 Å². The Morgan fingerprint density at radius 2 is 2.00 bits per heavy atom. The Bertz CT molecular complexity index is 972. The van der Waals surface area contributed by atoms with Crippen LogP contribution in [0.15, 0.2) is 56.9 Å². The normalized spacial score (nSPS) is 15.9. The molecule has 1 fully saturated rings. The predicted octanol–water partition coefficient (Wildman–Crippen LogP) is 2.87. The van der Waals surface area contributed by atoms with E-state index >= 15 is 0 Å². The van der Waals surface area contributed by atoms with Gasteiger partial charge in [-0.3, -0.25) is 4.79 Å². The second kappa shape index (κ2) is 8.10. The Kier molecular flexibility index (Phi) is 5.81. The maximum Gasteiger partial charge on any atom is 0.283 e. The van der Waals surface area contributed by atoms with Gasteiger partial charge < -0.3 is 10.2 Å². The largest absolute Gasteiger partial charge is 0.362 e. The number of amidine groups is 1. The molecule has 142 valence electrons. The fraction of sp³-hybridized carbons (Fsp3) is 0.278. The second-order valence-corrected chi connectivity index (χ2v) is 8.45. The van der Waals surface area contributed by atoms with Crippen molar-refractivity contribution in [2.75, 3.05) is 25.2 Å². The lowest BCUT2D eigenvalue weighted by atomic mass is 10.2. The number of carbonyl (C=O) groups excluding carboxylic acids is 1. The average Bonchev–Trinajstić information content (AvgIpc) is 3.06. The van der Waals surface area contributed by atoms with Crippen LogP contribution in [0, 0.1) is 0 Å². The highest BCUT2D eigenvalue weighted by molar-refractivity contribution is 7.98. The number of hydrogen-bond donors (Lipinski definition) is 1. The summed E-state index contributed by atoms with van der Waals surface area (Å²) >= 11 is 1.39. The first-order valence-electron chi connectivity index (χ1n) is 8.36. The Morgan fingerprint density at radius 1 is 1.26 bits per heavy atom. The van der Waals surface area contributed by atoms with Crippen molar-refractivity contribution in [3.05, 3.63) is 48.2 Å². The number of sulfonamides is 1. The summed E-state index contributed by atoms with van der Waals surface area (Å²) in [6.07, 6.45) is 5.04. The average molecular weight is 405 g/mol. The molecule has 7 nitrogen and oxygen atoms in total. The number of anilines is 1. The number of pyridine rings is 1. The molecule has 1 aliphatic heterocycles. The molecule has 1 aromatic heterocycles. The molecular formula is C18H20N4O3S2. The smallest absolute Gasteiger partial charge is 0.283 e. The Hall–Kier alpha value is -2.39. The zero-order valence-corrected chi connectivity index (χ0v) is 16.7. The lowest BCUT2D eigenvalue weighted by Crippen LogP contribution is -2.20. The SMILES string of the molecule is CSc1ncccc1C(=O)Nc1ccc(S(=O)(=O)N=C2CCCN2C)cc1. The van der Waals surface area contributed by atoms with Crippen LogP contribution in [0.5, 0.6) is 0 Å². The Balaban J connectivity index is 1.76. The minimum Gasteiger partial charge on any atom is -0.362 e. The van der Waals surface area contributed by atoms with Gasteiger partial charge in [-0.05, 0) is 49.1 Å². The Morgan fingerprint density at radius 3 is 2.63 bits per heavy atom. The van der Waals surface area contributed by atoms with E-state index in [1.807, 2.05) is 18.2 Å². The van der Waals surface area contributed by atoms with Gasteiger partial charge in [0.25, 0.3) is 15.9 Å². The van der Waals surface area contributed by atoms with Gasteiger partial charge >= 0.3 is 0 Å². The first-order valence-corrected chi connectivity index (χ1v) is 11.0. The molecule has 0 aliphatic carbocycles. The van der Waals surface area contributed by atoms with E-state index in [0.717, 1.165) is 13.0 Å². The maximum absolute atomic E-state index is 12.5. The summed E-state index contributed by atoms with van der Waals surface area (Å²) in [6.45, 7) is 0.811. The highest BCUT2D eigenvalue weighted by Gasteiger charge is 2.20. The highest BCUT2D eigenvalue weighted by atomic mass is 32.2. The monoisotopic (exact) mass is 404 g/mol. The number of amides is 1. The molecule has 1 aromatic carbocycles. The van der Waals surface area contributed by atoms with Gasteiger partial charge in [-0.2, -0.15) is 8.42 Å². The van der Waals surface area contributed by atoms with Crippen molar-refractivity contribution in [3.8, 4) is 0 Å². The summed E-state index contributed by atoms with van der Waals surface area (Å²) in [5.74, 6) is 0.282. The van der Waals surface area contributed by atoms with Crippen molar-refractivity contribution >= 4 is 39.2 Å². The minimum atomic E-state index is -3.76. The Labute approximate surface area is 163 Å². The van der Waals surface area contributed by atoms with E-state index in [-0.39, 0.29) is 10.8 Å². The highest BCUT2D eigenvalue weighted by Crippen LogP contribution is 2.21. The van der Waals surface area contributed by atoms with Crippen molar-refractivity contribution in [2.45, 2.75) is 22.8 Å². The lowest BCUT2D eigenvalue weighted by molar-refractivity contribution is 0.102. The van der Waals surface area contributed by atoms with Gasteiger partial charge in [0.05, 0.1) is 10.5 Å². The van der Waals surface area contributed by atoms with Crippen LogP contribution in [-0.2, 0) is 10.0 Å². The van der Waals surface area contributed by atoms with E-state index in [1.54, 1.807) is 30.5 Å². The van der Waals surface area contributed by atoms with Gasteiger partial charge in [-0.25, -0.2) is 4.98 Å². The van der Waals surface area contributed by atoms with Crippen molar-refractivity contribution in [2.24, 2.45) is 4.40 Å². The maximum atomic E-state index is 12.5. The second-order valence-electron chi connectivity index (χ2n) is 6.05. The predicted molar refractivity (Wildman–Crippen MR) is 107 cm³/mol. The van der Waals surface area contributed by atoms with Crippen molar-refractivity contribution in [1.29, 1.82) is 0 Å².